The normalized spacial score (nSPS) is 16.0. The standard InChI is InChI=1S/C22H25FN2O3/c23-19-8-4-1-5-16(19)11-12-25(18-6-2-3-7-18)22(26)24-17-9-10-20-21(15-17)28-14-13-27-20/h1,4-5,8-10,15,18H,2-3,6-7,11-14H2,(H,24,26). The van der Waals surface area contributed by atoms with Crippen molar-refractivity contribution in [1.29, 1.82) is 0 Å². The van der Waals surface area contributed by atoms with Gasteiger partial charge >= 0.3 is 6.03 Å². The largest absolute Gasteiger partial charge is 0.486 e. The Balaban J connectivity index is 1.46. The fourth-order valence-electron chi connectivity index (χ4n) is 3.92. The molecule has 28 heavy (non-hydrogen) atoms. The number of anilines is 1. The molecule has 1 fully saturated rings. The highest BCUT2D eigenvalue weighted by molar-refractivity contribution is 5.90. The van der Waals surface area contributed by atoms with Crippen LogP contribution in [0.25, 0.3) is 0 Å². The van der Waals surface area contributed by atoms with Crippen molar-refractivity contribution < 1.29 is 18.7 Å². The second kappa shape index (κ2) is 8.50. The van der Waals surface area contributed by atoms with Crippen LogP contribution in [0.5, 0.6) is 11.5 Å². The van der Waals surface area contributed by atoms with Crippen LogP contribution in [-0.4, -0.2) is 36.7 Å². The van der Waals surface area contributed by atoms with Gasteiger partial charge in [-0.2, -0.15) is 0 Å². The Labute approximate surface area is 164 Å². The summed E-state index contributed by atoms with van der Waals surface area (Å²) < 4.78 is 25.1. The Morgan fingerprint density at radius 1 is 1.07 bits per heavy atom. The van der Waals surface area contributed by atoms with Gasteiger partial charge in [-0.05, 0) is 43.0 Å². The maximum absolute atomic E-state index is 14.0. The van der Waals surface area contributed by atoms with Crippen LogP contribution in [0.3, 0.4) is 0 Å². The SMILES string of the molecule is O=C(Nc1ccc2c(c1)OCCO2)N(CCc1ccccc1F)C1CCCC1. The summed E-state index contributed by atoms with van der Waals surface area (Å²) in [5.41, 5.74) is 1.31. The molecule has 0 atom stereocenters. The zero-order valence-electron chi connectivity index (χ0n) is 15.8. The maximum Gasteiger partial charge on any atom is 0.322 e. The molecule has 1 aliphatic carbocycles. The van der Waals surface area contributed by atoms with E-state index in [-0.39, 0.29) is 17.9 Å². The highest BCUT2D eigenvalue weighted by Crippen LogP contribution is 2.33. The molecule has 0 unspecified atom stereocenters. The third kappa shape index (κ3) is 4.21. The number of urea groups is 1. The van der Waals surface area contributed by atoms with E-state index in [4.69, 9.17) is 9.47 Å². The average Bonchev–Trinajstić information content (AvgIpc) is 3.24. The molecule has 1 N–H and O–H groups in total. The van der Waals surface area contributed by atoms with Crippen molar-refractivity contribution in [2.45, 2.75) is 38.1 Å². The van der Waals surface area contributed by atoms with E-state index in [0.29, 0.717) is 48.9 Å². The van der Waals surface area contributed by atoms with Crippen molar-refractivity contribution in [2.75, 3.05) is 25.1 Å². The molecule has 0 radical (unpaired) electrons. The van der Waals surface area contributed by atoms with E-state index in [1.807, 2.05) is 23.1 Å². The summed E-state index contributed by atoms with van der Waals surface area (Å²) in [6, 6.07) is 12.2. The second-order valence-corrected chi connectivity index (χ2v) is 7.26. The van der Waals surface area contributed by atoms with E-state index in [0.717, 1.165) is 25.7 Å². The lowest BCUT2D eigenvalue weighted by Crippen LogP contribution is -2.43. The van der Waals surface area contributed by atoms with Crippen LogP contribution < -0.4 is 14.8 Å². The molecule has 5 nitrogen and oxygen atoms in total. The molecule has 1 heterocycles. The number of rotatable bonds is 5. The molecule has 148 valence electrons. The number of amides is 2. The smallest absolute Gasteiger partial charge is 0.322 e. The molecule has 2 amide bonds. The summed E-state index contributed by atoms with van der Waals surface area (Å²) in [6.07, 6.45) is 4.73. The number of ether oxygens (including phenoxy) is 2. The molecule has 4 rings (SSSR count). The van der Waals surface area contributed by atoms with Gasteiger partial charge < -0.3 is 19.7 Å². The molecule has 0 aromatic heterocycles. The van der Waals surface area contributed by atoms with Crippen molar-refractivity contribution in [1.82, 2.24) is 4.90 Å². The summed E-state index contributed by atoms with van der Waals surface area (Å²) in [4.78, 5) is 14.9. The highest BCUT2D eigenvalue weighted by Gasteiger charge is 2.27. The number of carbonyl (C=O) groups excluding carboxylic acids is 1. The average molecular weight is 384 g/mol. The molecule has 2 aliphatic rings. The van der Waals surface area contributed by atoms with Gasteiger partial charge in [0.25, 0.3) is 0 Å². The van der Waals surface area contributed by atoms with Crippen LogP contribution in [0.2, 0.25) is 0 Å². The monoisotopic (exact) mass is 384 g/mol. The Kier molecular flexibility index (Phi) is 5.65. The summed E-state index contributed by atoms with van der Waals surface area (Å²) in [5.74, 6) is 1.11. The first-order valence-electron chi connectivity index (χ1n) is 9.91. The van der Waals surface area contributed by atoms with E-state index in [1.54, 1.807) is 18.2 Å². The van der Waals surface area contributed by atoms with Gasteiger partial charge in [0.05, 0.1) is 0 Å². The van der Waals surface area contributed by atoms with Crippen LogP contribution in [0.1, 0.15) is 31.2 Å². The number of fused-ring (bicyclic) bond motifs is 1. The van der Waals surface area contributed by atoms with Gasteiger partial charge in [0.15, 0.2) is 11.5 Å². The van der Waals surface area contributed by atoms with E-state index >= 15 is 0 Å². The molecule has 6 heteroatoms. The number of nitrogens with zero attached hydrogens (tertiary/aromatic N) is 1. The number of hydrogen-bond acceptors (Lipinski definition) is 3. The summed E-state index contributed by atoms with van der Waals surface area (Å²) in [7, 11) is 0. The Morgan fingerprint density at radius 3 is 2.61 bits per heavy atom. The van der Waals surface area contributed by atoms with Crippen molar-refractivity contribution in [3.05, 3.63) is 53.8 Å². The minimum Gasteiger partial charge on any atom is -0.486 e. The first-order valence-corrected chi connectivity index (χ1v) is 9.91. The van der Waals surface area contributed by atoms with Gasteiger partial charge in [0.1, 0.15) is 19.0 Å². The Bertz CT molecular complexity index is 836. The summed E-state index contributed by atoms with van der Waals surface area (Å²) in [6.45, 7) is 1.52. The predicted octanol–water partition coefficient (Wildman–Crippen LogP) is 4.62. The minimum atomic E-state index is -0.221. The number of nitrogens with one attached hydrogen (secondary N) is 1. The molecule has 2 aromatic rings. The van der Waals surface area contributed by atoms with Crippen molar-refractivity contribution in [2.24, 2.45) is 0 Å². The lowest BCUT2D eigenvalue weighted by molar-refractivity contribution is 0.171. The van der Waals surface area contributed by atoms with Crippen LogP contribution >= 0.6 is 0 Å². The molecule has 0 spiro atoms. The van der Waals surface area contributed by atoms with Gasteiger partial charge in [-0.3, -0.25) is 0 Å². The second-order valence-electron chi connectivity index (χ2n) is 7.26. The third-order valence-electron chi connectivity index (χ3n) is 5.40. The molecular formula is C22H25FN2O3. The maximum atomic E-state index is 14.0. The van der Waals surface area contributed by atoms with Gasteiger partial charge in [-0.25, -0.2) is 9.18 Å². The summed E-state index contributed by atoms with van der Waals surface area (Å²) in [5, 5.41) is 2.98. The molecule has 1 aliphatic heterocycles. The van der Waals surface area contributed by atoms with Crippen molar-refractivity contribution in [3.8, 4) is 11.5 Å². The van der Waals surface area contributed by atoms with E-state index in [9.17, 15) is 9.18 Å². The van der Waals surface area contributed by atoms with Gasteiger partial charge in [0.2, 0.25) is 0 Å². The Morgan fingerprint density at radius 2 is 1.82 bits per heavy atom. The fraction of sp³-hybridized carbons (Fsp3) is 0.409. The zero-order valence-corrected chi connectivity index (χ0v) is 15.8. The van der Waals surface area contributed by atoms with Crippen molar-refractivity contribution in [3.63, 3.8) is 0 Å². The highest BCUT2D eigenvalue weighted by atomic mass is 19.1. The zero-order chi connectivity index (χ0) is 19.3. The van der Waals surface area contributed by atoms with Crippen LogP contribution in [0.15, 0.2) is 42.5 Å². The number of hydrogen-bond donors (Lipinski definition) is 1. The van der Waals surface area contributed by atoms with E-state index in [2.05, 4.69) is 5.32 Å². The minimum absolute atomic E-state index is 0.153. The lowest BCUT2D eigenvalue weighted by Gasteiger charge is -2.29. The quantitative estimate of drug-likeness (QED) is 0.819. The third-order valence-corrected chi connectivity index (χ3v) is 5.40. The molecule has 0 saturated heterocycles. The number of carbonyl (C=O) groups is 1. The first-order chi connectivity index (χ1) is 13.7. The van der Waals surface area contributed by atoms with Crippen LogP contribution in [-0.2, 0) is 6.42 Å². The lowest BCUT2D eigenvalue weighted by atomic mass is 10.1. The summed E-state index contributed by atoms with van der Waals surface area (Å²) >= 11 is 0. The molecule has 1 saturated carbocycles. The van der Waals surface area contributed by atoms with E-state index < -0.39 is 0 Å². The van der Waals surface area contributed by atoms with Gasteiger partial charge in [-0.15, -0.1) is 0 Å². The van der Waals surface area contributed by atoms with Crippen LogP contribution in [0.4, 0.5) is 14.9 Å². The van der Waals surface area contributed by atoms with Crippen LogP contribution in [0, 0.1) is 5.82 Å². The number of halogens is 1. The predicted molar refractivity (Wildman–Crippen MR) is 106 cm³/mol. The topological polar surface area (TPSA) is 50.8 Å². The van der Waals surface area contributed by atoms with Gasteiger partial charge in [0, 0.05) is 24.3 Å². The van der Waals surface area contributed by atoms with Crippen molar-refractivity contribution >= 4 is 11.7 Å². The molecule has 0 bridgehead atoms. The fourth-order valence-corrected chi connectivity index (χ4v) is 3.92. The first kappa shape index (κ1) is 18.6. The van der Waals surface area contributed by atoms with E-state index in [1.165, 1.54) is 6.07 Å². The van der Waals surface area contributed by atoms with Gasteiger partial charge in [-0.1, -0.05) is 31.0 Å². The molecule has 2 aromatic carbocycles. The number of benzene rings is 2. The molecular weight excluding hydrogens is 359 g/mol. The Hall–Kier alpha value is -2.76.